The average Bonchev–Trinajstić information content (AvgIpc) is 1.55. The van der Waals surface area contributed by atoms with Gasteiger partial charge in [-0.2, -0.15) is 0 Å². The number of amides is 8. The Bertz CT molecular complexity index is 6870. The zero-order chi connectivity index (χ0) is 101. The number of carbonyl (C=O) groups excluding carboxylic acids is 17. The summed E-state index contributed by atoms with van der Waals surface area (Å²) < 4.78 is 17.2. The minimum atomic E-state index is -0.740. The molecule has 0 aromatic carbocycles. The second-order valence-corrected chi connectivity index (χ2v) is 36.4. The molecule has 2 unspecified atom stereocenters. The number of nitrogens with zero attached hydrogens (tertiary/aromatic N) is 17. The minimum Gasteiger partial charge on any atom is -0.351 e. The van der Waals surface area contributed by atoms with E-state index in [2.05, 4.69) is 67.4 Å². The highest BCUT2D eigenvalue weighted by molar-refractivity contribution is 6.08. The highest BCUT2D eigenvalue weighted by Crippen LogP contribution is 2.44. The van der Waals surface area contributed by atoms with Gasteiger partial charge in [0.15, 0.2) is 52.2 Å². The summed E-state index contributed by atoms with van der Waals surface area (Å²) in [6, 6.07) is 10.4. The van der Waals surface area contributed by atoms with Crippen LogP contribution in [0.25, 0.3) is 0 Å². The van der Waals surface area contributed by atoms with E-state index in [1.165, 1.54) is 66.5 Å². The van der Waals surface area contributed by atoms with Crippen molar-refractivity contribution in [2.45, 2.75) is 129 Å². The van der Waals surface area contributed by atoms with Crippen LogP contribution in [0.4, 0.5) is 28.7 Å². The monoisotopic (exact) mass is 1910 g/mol. The number of anilines is 5. The molecule has 14 rings (SSSR count). The normalized spacial score (nSPS) is 13.6. The summed E-state index contributed by atoms with van der Waals surface area (Å²) in [6.07, 6.45) is 24.8. The number of likely N-dealkylation sites (N-methyl/N-ethyl adjacent to an activating group) is 1. The number of aromatic nitrogens is 15. The second-order valence-electron chi connectivity index (χ2n) is 36.4. The lowest BCUT2D eigenvalue weighted by atomic mass is 9.99. The Morgan fingerprint density at radius 2 is 0.750 bits per heavy atom. The van der Waals surface area contributed by atoms with Crippen LogP contribution in [-0.2, 0) is 145 Å². The van der Waals surface area contributed by atoms with Gasteiger partial charge in [-0.25, -0.2) is 19.9 Å². The molecule has 11 aromatic rings. The summed E-state index contributed by atoms with van der Waals surface area (Å²) in [5, 5.41) is 21.8. The molecule has 0 saturated carbocycles. The van der Waals surface area contributed by atoms with E-state index in [0.717, 1.165) is 19.4 Å². The third kappa shape index (κ3) is 24.9. The first-order valence-corrected chi connectivity index (χ1v) is 45.7. The standard InChI is InChI=1S/C98H115N25O17/c1-57(124)101-85-53-122(14)92(108-85)98(140)106-65-42-78(118(10)50-65)95(137)110-86-54-121(13)91(109-86)97(139)100-29-27-87(134)102-63-40-77(117(9)48-63)94(136)107-71-56-123(15)55-70(71)88(123)96(138)105-64-41-76(116(8)49-64)93(135)99-28-20-24-69(127)39-62-51-120(12)90(103-62)84(133)38-61-35-75(115(7)47-61)83(132)43-66-52-119(11)89(104-66)80(129)26-19-23-68(126)31-58-32-73(113(5)44-58)81(130)37-60-34-74(114(6)46-60)82(131)36-59-33-72(112(4)45-59)79(128)25-18-22-67(125)21-16-17-30-111(2)3/h32-35,40-42,44-56,88H,16-31,36-39,43H2,1-15H3,(H7-,99,100,101,102,105,106,107,110,124,134,135,136,137,138,139,140)/p+1. The molecule has 0 radical (unpaired) electrons. The molecule has 42 heteroatoms. The number of rotatable bonds is 50. The molecular weight excluding hydrogens is 1800 g/mol. The highest BCUT2D eigenvalue weighted by Gasteiger charge is 2.56. The number of ketones is 9. The predicted octanol–water partition coefficient (Wildman–Crippen LogP) is 6.99. The van der Waals surface area contributed by atoms with E-state index in [1.807, 2.05) is 20.3 Å². The van der Waals surface area contributed by atoms with Gasteiger partial charge < -0.3 is 97.7 Å². The van der Waals surface area contributed by atoms with Gasteiger partial charge in [0.25, 0.3) is 35.4 Å². The van der Waals surface area contributed by atoms with E-state index in [0.29, 0.717) is 98.3 Å². The van der Waals surface area contributed by atoms with E-state index in [9.17, 15) is 81.5 Å². The summed E-state index contributed by atoms with van der Waals surface area (Å²) in [5.74, 6) is -5.25. The van der Waals surface area contributed by atoms with Crippen molar-refractivity contribution >= 4 is 128 Å². The molecule has 2 atom stereocenters. The highest BCUT2D eigenvalue weighted by atomic mass is 16.2. The number of Topliss-reactive ketones (excluding diaryl/α,β-unsaturated/α-hetero) is 9. The smallest absolute Gasteiger partial charge is 0.291 e. The molecule has 0 saturated heterocycles. The van der Waals surface area contributed by atoms with E-state index in [1.54, 1.807) is 192 Å². The lowest BCUT2D eigenvalue weighted by Gasteiger charge is -2.36. The van der Waals surface area contributed by atoms with Crippen molar-refractivity contribution in [3.05, 3.63) is 231 Å². The fourth-order valence-electron chi connectivity index (χ4n) is 17.5. The third-order valence-corrected chi connectivity index (χ3v) is 24.3. The van der Waals surface area contributed by atoms with Gasteiger partial charge in [-0.3, -0.25) is 86.0 Å². The van der Waals surface area contributed by atoms with Crippen LogP contribution >= 0.6 is 0 Å². The molecule has 8 N–H and O–H groups in total. The van der Waals surface area contributed by atoms with Crippen molar-refractivity contribution in [2.24, 2.45) is 77.5 Å². The van der Waals surface area contributed by atoms with Gasteiger partial charge in [0.2, 0.25) is 35.3 Å². The molecule has 11 aromatic heterocycles. The Balaban J connectivity index is 0.485. The van der Waals surface area contributed by atoms with Gasteiger partial charge in [0, 0.05) is 236 Å². The number of carbonyl (C=O) groups is 17. The summed E-state index contributed by atoms with van der Waals surface area (Å²) in [7, 11) is 24.0. The first-order chi connectivity index (χ1) is 66.4. The van der Waals surface area contributed by atoms with E-state index >= 15 is 0 Å². The maximum atomic E-state index is 13.9. The van der Waals surface area contributed by atoms with E-state index in [4.69, 9.17) is 0 Å². The van der Waals surface area contributed by atoms with E-state index in [-0.39, 0.29) is 217 Å². The molecule has 734 valence electrons. The van der Waals surface area contributed by atoms with Gasteiger partial charge >= 0.3 is 0 Å². The fourth-order valence-corrected chi connectivity index (χ4v) is 17.5. The van der Waals surface area contributed by atoms with Gasteiger partial charge in [0.1, 0.15) is 58.1 Å². The molecular formula is C98H116N25O17+. The molecule has 0 fully saturated rings. The van der Waals surface area contributed by atoms with Crippen molar-refractivity contribution in [1.29, 1.82) is 0 Å². The van der Waals surface area contributed by atoms with Crippen LogP contribution in [0.15, 0.2) is 134 Å². The average molecular weight is 1920 g/mol. The summed E-state index contributed by atoms with van der Waals surface area (Å²) in [5.41, 5.74) is 7.21. The van der Waals surface area contributed by atoms with Crippen LogP contribution in [-0.4, -0.2) is 226 Å². The van der Waals surface area contributed by atoms with Gasteiger partial charge in [-0.05, 0) is 117 Å². The first-order valence-electron chi connectivity index (χ1n) is 45.7. The van der Waals surface area contributed by atoms with E-state index < -0.39 is 47.4 Å². The molecule has 0 aliphatic carbocycles. The minimum absolute atomic E-state index is 0.00303. The molecule has 3 aliphatic heterocycles. The topological polar surface area (TPSA) is 495 Å². The Kier molecular flexibility index (Phi) is 31.6. The Morgan fingerprint density at radius 3 is 1.30 bits per heavy atom. The van der Waals surface area contributed by atoms with Crippen molar-refractivity contribution in [3.63, 3.8) is 0 Å². The lowest BCUT2D eigenvalue weighted by Crippen LogP contribution is -2.54. The number of nitrogens with one attached hydrogen (secondary N) is 8. The SMILES string of the molecule is CC(=O)Nc1cn(C)c(C(=O)Nc2cc(C(=O)Nc3cn(C)c(C(=O)NCCC(=O)Nc4cc(C(=O)NC5=C[N+]6(C)C=C5C6C(=O)Nc5cc(C(=O)NCCCC(=O)Cc6cn(C)c(C(=O)Cc7cc(C(=O)Cc8cn(C)c(C(=O)CCCC(=O)Cc9cc(C(=O)Cc%10cc(C(=O)Cc%11cc(C(=O)CCCC(=O)CCCCN(C)C)n(C)c%11)n(C)c%10)n(C)c9)n8)n(C)c7)n6)n(C)c5)n(C)c4)n3)n(C)c2)n1. The number of hydrogen-bond acceptors (Lipinski definition) is 22. The van der Waals surface area contributed by atoms with Crippen molar-refractivity contribution in [2.75, 3.05) is 67.4 Å². The summed E-state index contributed by atoms with van der Waals surface area (Å²) >= 11 is 0. The van der Waals surface area contributed by atoms with Gasteiger partial charge in [-0.15, -0.1) is 0 Å². The van der Waals surface area contributed by atoms with Crippen molar-refractivity contribution < 1.29 is 86.0 Å². The van der Waals surface area contributed by atoms with Crippen LogP contribution in [0.5, 0.6) is 0 Å². The second kappa shape index (κ2) is 43.6. The number of aryl methyl sites for hydroxylation is 11. The largest absolute Gasteiger partial charge is 0.351 e. The summed E-state index contributed by atoms with van der Waals surface area (Å²) in [6.45, 7) is 2.27. The maximum Gasteiger partial charge on any atom is 0.291 e. The van der Waals surface area contributed by atoms with Crippen LogP contribution in [0.2, 0.25) is 0 Å². The molecule has 3 aliphatic rings. The zero-order valence-electron chi connectivity index (χ0n) is 81.0. The number of imidazole rings is 4. The molecule has 14 heterocycles. The van der Waals surface area contributed by atoms with Crippen LogP contribution in [0.1, 0.15) is 234 Å². The first kappa shape index (κ1) is 101. The van der Waals surface area contributed by atoms with Crippen LogP contribution < -0.4 is 42.5 Å². The molecule has 8 amide bonds. The number of hydrogen-bond donors (Lipinski definition) is 8. The van der Waals surface area contributed by atoms with Crippen molar-refractivity contribution in [1.82, 2.24) is 91.0 Å². The molecule has 2 bridgehead atoms. The fraction of sp³-hybridized carbons (Fsp3) is 0.378. The Labute approximate surface area is 805 Å². The molecule has 0 spiro atoms. The number of unbranched alkanes of at least 4 members (excludes halogenated alkanes) is 1. The molecule has 140 heavy (non-hydrogen) atoms. The molecule has 42 nitrogen and oxygen atoms in total. The Morgan fingerprint density at radius 1 is 0.329 bits per heavy atom. The van der Waals surface area contributed by atoms with Crippen molar-refractivity contribution in [3.8, 4) is 0 Å². The maximum absolute atomic E-state index is 13.9. The van der Waals surface area contributed by atoms with Gasteiger partial charge in [0.05, 0.1) is 71.1 Å². The Hall–Kier alpha value is -16.0. The third-order valence-electron chi connectivity index (χ3n) is 24.3. The van der Waals surface area contributed by atoms with Crippen LogP contribution in [0, 0.1) is 0 Å². The van der Waals surface area contributed by atoms with Crippen LogP contribution in [0.3, 0.4) is 0 Å². The van der Waals surface area contributed by atoms with Gasteiger partial charge in [-0.1, -0.05) is 0 Å². The predicted molar refractivity (Wildman–Crippen MR) is 514 cm³/mol. The summed E-state index contributed by atoms with van der Waals surface area (Å²) in [4.78, 5) is 245. The quantitative estimate of drug-likeness (QED) is 0.0108. The number of quaternary nitrogens is 1. The zero-order valence-corrected chi connectivity index (χ0v) is 81.0. The lowest BCUT2D eigenvalue weighted by molar-refractivity contribution is -0.830.